The number of anilines is 1. The second kappa shape index (κ2) is 11.1. The summed E-state index contributed by atoms with van der Waals surface area (Å²) < 4.78 is 33.1. The summed E-state index contributed by atoms with van der Waals surface area (Å²) in [4.78, 5) is 13.3. The molecule has 1 amide bonds. The van der Waals surface area contributed by atoms with E-state index in [1.54, 1.807) is 26.0 Å². The molecule has 184 valence electrons. The third-order valence-electron chi connectivity index (χ3n) is 6.12. The number of nitrogens with zero attached hydrogens (tertiary/aromatic N) is 1. The first-order valence-corrected chi connectivity index (χ1v) is 13.2. The van der Waals surface area contributed by atoms with Gasteiger partial charge in [0.1, 0.15) is 0 Å². The molecule has 0 spiro atoms. The molecule has 1 unspecified atom stereocenters. The van der Waals surface area contributed by atoms with Crippen LogP contribution in [0.3, 0.4) is 0 Å². The summed E-state index contributed by atoms with van der Waals surface area (Å²) in [5.41, 5.74) is 3.17. The zero-order chi connectivity index (χ0) is 24.8. The fraction of sp³-hybridized carbons (Fsp3) is 0.296. The van der Waals surface area contributed by atoms with Crippen molar-refractivity contribution in [1.29, 1.82) is 0 Å². The number of amides is 1. The molecule has 1 saturated heterocycles. The minimum absolute atomic E-state index is 0.173. The number of morpholine rings is 1. The van der Waals surface area contributed by atoms with Crippen molar-refractivity contribution >= 4 is 21.6 Å². The molecule has 1 atom stereocenters. The van der Waals surface area contributed by atoms with Crippen LogP contribution in [0.4, 0.5) is 5.69 Å². The molecule has 1 fully saturated rings. The van der Waals surface area contributed by atoms with Gasteiger partial charge >= 0.3 is 0 Å². The second-order valence-electron chi connectivity index (χ2n) is 8.63. The Hall–Kier alpha value is -3.04. The molecule has 1 aliphatic rings. The van der Waals surface area contributed by atoms with Gasteiger partial charge in [0.2, 0.25) is 15.9 Å². The zero-order valence-electron chi connectivity index (χ0n) is 20.0. The van der Waals surface area contributed by atoms with Crippen molar-refractivity contribution in [3.8, 4) is 0 Å². The minimum atomic E-state index is -3.68. The predicted octanol–water partition coefficient (Wildman–Crippen LogP) is 3.72. The van der Waals surface area contributed by atoms with Gasteiger partial charge in [0.25, 0.3) is 0 Å². The molecule has 1 aliphatic heterocycles. The molecule has 0 radical (unpaired) electrons. The van der Waals surface area contributed by atoms with Gasteiger partial charge in [0.05, 0.1) is 30.2 Å². The van der Waals surface area contributed by atoms with Crippen LogP contribution in [0, 0.1) is 6.92 Å². The van der Waals surface area contributed by atoms with Crippen molar-refractivity contribution in [2.75, 3.05) is 31.6 Å². The quantitative estimate of drug-likeness (QED) is 0.499. The average molecular weight is 494 g/mol. The first kappa shape index (κ1) is 25.1. The molecule has 7 nitrogen and oxygen atoms in total. The largest absolute Gasteiger partial charge is 0.379 e. The summed E-state index contributed by atoms with van der Waals surface area (Å²) in [5, 5.41) is 6.31. The Kier molecular flexibility index (Phi) is 7.97. The maximum atomic E-state index is 13.2. The van der Waals surface area contributed by atoms with Gasteiger partial charge in [-0.25, -0.2) is 8.42 Å². The number of nitrogens with one attached hydrogen (secondary N) is 2. The van der Waals surface area contributed by atoms with E-state index in [2.05, 4.69) is 10.6 Å². The molecule has 0 aliphatic carbocycles. The van der Waals surface area contributed by atoms with Crippen molar-refractivity contribution in [3.63, 3.8) is 0 Å². The van der Waals surface area contributed by atoms with Crippen LogP contribution < -0.4 is 10.6 Å². The van der Waals surface area contributed by atoms with Gasteiger partial charge in [-0.05, 0) is 42.7 Å². The standard InChI is InChI=1S/C27H31N3O4S/c1-20-13-14-24(19-25(20)35(32,33)30-15-17-34-18-16-30)29-27(31)21(2)28-26(22-9-5-3-6-10-22)23-11-7-4-8-12-23/h3-14,19,21,26,28H,15-18H2,1-2H3,(H,29,31). The smallest absolute Gasteiger partial charge is 0.243 e. The van der Waals surface area contributed by atoms with Crippen LogP contribution in [0.5, 0.6) is 0 Å². The van der Waals surface area contributed by atoms with E-state index >= 15 is 0 Å². The van der Waals surface area contributed by atoms with Crippen LogP contribution in [-0.4, -0.2) is 51.0 Å². The lowest BCUT2D eigenvalue weighted by Gasteiger charge is -2.27. The SMILES string of the molecule is Cc1ccc(NC(=O)C(C)NC(c2ccccc2)c2ccccc2)cc1S(=O)(=O)N1CCOCC1. The average Bonchev–Trinajstić information content (AvgIpc) is 2.89. The molecular weight excluding hydrogens is 462 g/mol. The second-order valence-corrected chi connectivity index (χ2v) is 10.5. The van der Waals surface area contributed by atoms with E-state index in [-0.39, 0.29) is 16.8 Å². The van der Waals surface area contributed by atoms with Crippen LogP contribution in [-0.2, 0) is 19.6 Å². The highest BCUT2D eigenvalue weighted by Crippen LogP contribution is 2.25. The highest BCUT2D eigenvalue weighted by Gasteiger charge is 2.28. The summed E-state index contributed by atoms with van der Waals surface area (Å²) in [6.45, 7) is 4.95. The first-order valence-electron chi connectivity index (χ1n) is 11.7. The fourth-order valence-electron chi connectivity index (χ4n) is 4.13. The van der Waals surface area contributed by atoms with Gasteiger partial charge in [-0.1, -0.05) is 66.7 Å². The minimum Gasteiger partial charge on any atom is -0.379 e. The van der Waals surface area contributed by atoms with E-state index in [4.69, 9.17) is 4.74 Å². The molecular formula is C27H31N3O4S. The lowest BCUT2D eigenvalue weighted by Crippen LogP contribution is -2.41. The summed E-state index contributed by atoms with van der Waals surface area (Å²) in [6.07, 6.45) is 0. The number of benzene rings is 3. The Bertz CT molecular complexity index is 1200. The van der Waals surface area contributed by atoms with Gasteiger partial charge < -0.3 is 10.1 Å². The third-order valence-corrected chi connectivity index (χ3v) is 8.16. The molecule has 3 aromatic carbocycles. The Labute approximate surface area is 207 Å². The molecule has 8 heteroatoms. The molecule has 0 saturated carbocycles. The topological polar surface area (TPSA) is 87.7 Å². The van der Waals surface area contributed by atoms with Gasteiger partial charge in [0, 0.05) is 18.8 Å². The molecule has 0 aromatic heterocycles. The Morgan fingerprint density at radius 2 is 1.49 bits per heavy atom. The van der Waals surface area contributed by atoms with Crippen LogP contribution in [0.15, 0.2) is 83.8 Å². The van der Waals surface area contributed by atoms with E-state index in [1.165, 1.54) is 10.4 Å². The van der Waals surface area contributed by atoms with E-state index in [0.717, 1.165) is 11.1 Å². The molecule has 0 bridgehead atoms. The van der Waals surface area contributed by atoms with E-state index < -0.39 is 16.1 Å². The normalized spacial score (nSPS) is 15.6. The summed E-state index contributed by atoms with van der Waals surface area (Å²) in [6, 6.07) is 24.2. The molecule has 1 heterocycles. The highest BCUT2D eigenvalue weighted by molar-refractivity contribution is 7.89. The maximum Gasteiger partial charge on any atom is 0.243 e. The van der Waals surface area contributed by atoms with Crippen molar-refractivity contribution in [1.82, 2.24) is 9.62 Å². The molecule has 35 heavy (non-hydrogen) atoms. The summed E-state index contributed by atoms with van der Waals surface area (Å²) in [7, 11) is -3.68. The number of sulfonamides is 1. The van der Waals surface area contributed by atoms with E-state index in [0.29, 0.717) is 37.6 Å². The van der Waals surface area contributed by atoms with Gasteiger partial charge in [-0.15, -0.1) is 0 Å². The predicted molar refractivity (Wildman–Crippen MR) is 137 cm³/mol. The van der Waals surface area contributed by atoms with Crippen LogP contribution in [0.2, 0.25) is 0 Å². The van der Waals surface area contributed by atoms with Crippen LogP contribution in [0.25, 0.3) is 0 Å². The molecule has 3 aromatic rings. The number of carbonyl (C=O) groups excluding carboxylic acids is 1. The summed E-state index contributed by atoms with van der Waals surface area (Å²) in [5.74, 6) is -0.250. The Balaban J connectivity index is 1.51. The highest BCUT2D eigenvalue weighted by atomic mass is 32.2. The van der Waals surface area contributed by atoms with Crippen molar-refractivity contribution in [2.45, 2.75) is 30.8 Å². The number of rotatable bonds is 8. The van der Waals surface area contributed by atoms with Crippen molar-refractivity contribution < 1.29 is 17.9 Å². The van der Waals surface area contributed by atoms with Crippen LogP contribution >= 0.6 is 0 Å². The van der Waals surface area contributed by atoms with E-state index in [9.17, 15) is 13.2 Å². The summed E-state index contributed by atoms with van der Waals surface area (Å²) >= 11 is 0. The monoisotopic (exact) mass is 493 g/mol. The van der Waals surface area contributed by atoms with E-state index in [1.807, 2.05) is 60.7 Å². The van der Waals surface area contributed by atoms with Gasteiger partial charge in [-0.2, -0.15) is 4.31 Å². The lowest BCUT2D eigenvalue weighted by molar-refractivity contribution is -0.117. The molecule has 2 N–H and O–H groups in total. The Morgan fingerprint density at radius 3 is 2.06 bits per heavy atom. The lowest BCUT2D eigenvalue weighted by atomic mass is 9.98. The number of hydrogen-bond donors (Lipinski definition) is 2. The van der Waals surface area contributed by atoms with Gasteiger partial charge in [0.15, 0.2) is 0 Å². The zero-order valence-corrected chi connectivity index (χ0v) is 20.8. The number of ether oxygens (including phenoxy) is 1. The van der Waals surface area contributed by atoms with Crippen LogP contribution in [0.1, 0.15) is 29.7 Å². The fourth-order valence-corrected chi connectivity index (χ4v) is 5.79. The Morgan fingerprint density at radius 1 is 0.914 bits per heavy atom. The number of hydrogen-bond acceptors (Lipinski definition) is 5. The van der Waals surface area contributed by atoms with Gasteiger partial charge in [-0.3, -0.25) is 10.1 Å². The maximum absolute atomic E-state index is 13.2. The van der Waals surface area contributed by atoms with Crippen molar-refractivity contribution in [3.05, 3.63) is 95.6 Å². The van der Waals surface area contributed by atoms with Crippen molar-refractivity contribution in [2.24, 2.45) is 0 Å². The number of aryl methyl sites for hydroxylation is 1. The first-order chi connectivity index (χ1) is 16.9. The number of carbonyl (C=O) groups is 1. The third kappa shape index (κ3) is 5.97. The molecule has 4 rings (SSSR count).